The SMILES string of the molecule is O=C(c1ccccc1OCc1ccccc1Cl)N1CCCC(c2nnc3ccccn23)C1. The summed E-state index contributed by atoms with van der Waals surface area (Å²) in [4.78, 5) is 15.4. The number of para-hydroxylation sites is 1. The molecule has 1 fully saturated rings. The minimum Gasteiger partial charge on any atom is -0.488 e. The Hall–Kier alpha value is -3.38. The Balaban J connectivity index is 1.34. The van der Waals surface area contributed by atoms with Crippen molar-refractivity contribution in [3.05, 3.63) is 94.9 Å². The summed E-state index contributed by atoms with van der Waals surface area (Å²) in [7, 11) is 0. The van der Waals surface area contributed by atoms with Crippen LogP contribution in [0, 0.1) is 0 Å². The first-order chi connectivity index (χ1) is 15.7. The molecule has 1 saturated heterocycles. The maximum absolute atomic E-state index is 13.5. The fourth-order valence-electron chi connectivity index (χ4n) is 4.22. The van der Waals surface area contributed by atoms with Crippen molar-refractivity contribution in [2.45, 2.75) is 25.4 Å². The minimum absolute atomic E-state index is 0.0294. The molecule has 4 aromatic rings. The number of carbonyl (C=O) groups excluding carboxylic acids is 1. The summed E-state index contributed by atoms with van der Waals surface area (Å²) >= 11 is 6.25. The normalized spacial score (nSPS) is 16.3. The first-order valence-corrected chi connectivity index (χ1v) is 11.1. The number of hydrogen-bond donors (Lipinski definition) is 0. The lowest BCUT2D eigenvalue weighted by molar-refractivity contribution is 0.0699. The van der Waals surface area contributed by atoms with Gasteiger partial charge in [-0.1, -0.05) is 48.0 Å². The number of fused-ring (bicyclic) bond motifs is 1. The third-order valence-electron chi connectivity index (χ3n) is 5.87. The van der Waals surface area contributed by atoms with E-state index >= 15 is 0 Å². The van der Waals surface area contributed by atoms with Gasteiger partial charge in [0, 0.05) is 35.8 Å². The van der Waals surface area contributed by atoms with Crippen molar-refractivity contribution in [3.8, 4) is 5.75 Å². The predicted molar refractivity (Wildman–Crippen MR) is 123 cm³/mol. The Morgan fingerprint density at radius 2 is 1.84 bits per heavy atom. The van der Waals surface area contributed by atoms with Crippen molar-refractivity contribution < 1.29 is 9.53 Å². The third kappa shape index (κ3) is 4.06. The fraction of sp³-hybridized carbons (Fsp3) is 0.240. The molecule has 3 heterocycles. The minimum atomic E-state index is -0.0294. The largest absolute Gasteiger partial charge is 0.488 e. The molecule has 0 N–H and O–H groups in total. The van der Waals surface area contributed by atoms with E-state index in [-0.39, 0.29) is 11.8 Å². The van der Waals surface area contributed by atoms with E-state index in [2.05, 4.69) is 10.2 Å². The number of pyridine rings is 1. The molecular weight excluding hydrogens is 424 g/mol. The van der Waals surface area contributed by atoms with Gasteiger partial charge in [0.25, 0.3) is 5.91 Å². The van der Waals surface area contributed by atoms with E-state index in [0.29, 0.717) is 36.0 Å². The number of ether oxygens (including phenoxy) is 1. The van der Waals surface area contributed by atoms with E-state index in [1.165, 1.54) is 0 Å². The molecule has 1 unspecified atom stereocenters. The highest BCUT2D eigenvalue weighted by molar-refractivity contribution is 6.31. The monoisotopic (exact) mass is 446 g/mol. The molecule has 7 heteroatoms. The molecule has 1 atom stereocenters. The van der Waals surface area contributed by atoms with Crippen molar-refractivity contribution in [3.63, 3.8) is 0 Å². The third-order valence-corrected chi connectivity index (χ3v) is 6.24. The molecule has 1 amide bonds. The van der Waals surface area contributed by atoms with Crippen LogP contribution in [-0.2, 0) is 6.61 Å². The summed E-state index contributed by atoms with van der Waals surface area (Å²) in [6, 6.07) is 20.8. The Bertz CT molecular complexity index is 1260. The second kappa shape index (κ2) is 9.01. The van der Waals surface area contributed by atoms with Gasteiger partial charge < -0.3 is 9.64 Å². The predicted octanol–water partition coefficient (Wildman–Crippen LogP) is 4.98. The number of aromatic nitrogens is 3. The van der Waals surface area contributed by atoms with Crippen LogP contribution in [-0.4, -0.2) is 38.5 Å². The average molecular weight is 447 g/mol. The van der Waals surface area contributed by atoms with E-state index in [1.807, 2.05) is 82.2 Å². The first kappa shape index (κ1) is 20.5. The number of likely N-dealkylation sites (tertiary alicyclic amines) is 1. The topological polar surface area (TPSA) is 59.7 Å². The molecule has 0 radical (unpaired) electrons. The van der Waals surface area contributed by atoms with Gasteiger partial charge in [-0.15, -0.1) is 10.2 Å². The summed E-state index contributed by atoms with van der Waals surface area (Å²) in [5.41, 5.74) is 2.27. The van der Waals surface area contributed by atoms with Gasteiger partial charge in [-0.2, -0.15) is 0 Å². The van der Waals surface area contributed by atoms with Gasteiger partial charge in [0.05, 0.1) is 5.56 Å². The van der Waals surface area contributed by atoms with Crippen LogP contribution in [0.3, 0.4) is 0 Å². The van der Waals surface area contributed by atoms with E-state index in [4.69, 9.17) is 16.3 Å². The number of piperidine rings is 1. The van der Waals surface area contributed by atoms with Crippen LogP contribution in [0.15, 0.2) is 72.9 Å². The molecule has 2 aromatic heterocycles. The number of benzene rings is 2. The lowest BCUT2D eigenvalue weighted by atomic mass is 9.96. The number of carbonyl (C=O) groups is 1. The summed E-state index contributed by atoms with van der Waals surface area (Å²) in [6.45, 7) is 1.62. The highest BCUT2D eigenvalue weighted by Crippen LogP contribution is 2.29. The van der Waals surface area contributed by atoms with Crippen molar-refractivity contribution in [1.82, 2.24) is 19.5 Å². The van der Waals surface area contributed by atoms with Gasteiger partial charge in [-0.05, 0) is 43.2 Å². The average Bonchev–Trinajstić information content (AvgIpc) is 3.28. The lowest BCUT2D eigenvalue weighted by Gasteiger charge is -2.32. The molecule has 0 aliphatic carbocycles. The maximum Gasteiger partial charge on any atom is 0.257 e. The Morgan fingerprint density at radius 1 is 1.03 bits per heavy atom. The van der Waals surface area contributed by atoms with Gasteiger partial charge in [0.2, 0.25) is 0 Å². The lowest BCUT2D eigenvalue weighted by Crippen LogP contribution is -2.39. The van der Waals surface area contributed by atoms with E-state index in [1.54, 1.807) is 0 Å². The number of nitrogens with zero attached hydrogens (tertiary/aromatic N) is 4. The van der Waals surface area contributed by atoms with Crippen molar-refractivity contribution in [2.75, 3.05) is 13.1 Å². The number of rotatable bonds is 5. The fourth-order valence-corrected chi connectivity index (χ4v) is 4.41. The molecule has 1 aliphatic heterocycles. The first-order valence-electron chi connectivity index (χ1n) is 10.7. The van der Waals surface area contributed by atoms with Crippen molar-refractivity contribution in [2.24, 2.45) is 0 Å². The molecule has 0 bridgehead atoms. The quantitative estimate of drug-likeness (QED) is 0.433. The molecule has 0 spiro atoms. The molecule has 6 nitrogen and oxygen atoms in total. The second-order valence-electron chi connectivity index (χ2n) is 7.95. The smallest absolute Gasteiger partial charge is 0.257 e. The maximum atomic E-state index is 13.5. The van der Waals surface area contributed by atoms with Gasteiger partial charge >= 0.3 is 0 Å². The Morgan fingerprint density at radius 3 is 2.75 bits per heavy atom. The number of hydrogen-bond acceptors (Lipinski definition) is 4. The van der Waals surface area contributed by atoms with Crippen LogP contribution >= 0.6 is 11.6 Å². The zero-order valence-electron chi connectivity index (χ0n) is 17.5. The van der Waals surface area contributed by atoms with Crippen LogP contribution in [0.1, 0.15) is 40.5 Å². The molecule has 2 aromatic carbocycles. The van der Waals surface area contributed by atoms with Gasteiger partial charge in [0.1, 0.15) is 18.2 Å². The second-order valence-corrected chi connectivity index (χ2v) is 8.36. The Kier molecular flexibility index (Phi) is 5.77. The molecular formula is C25H23ClN4O2. The summed E-state index contributed by atoms with van der Waals surface area (Å²) in [5.74, 6) is 1.58. The van der Waals surface area contributed by atoms with Crippen molar-refractivity contribution >= 4 is 23.2 Å². The number of halogens is 1. The van der Waals surface area contributed by atoms with Crippen LogP contribution in [0.2, 0.25) is 5.02 Å². The van der Waals surface area contributed by atoms with Gasteiger partial charge in [-0.3, -0.25) is 9.20 Å². The number of amides is 1. The molecule has 32 heavy (non-hydrogen) atoms. The van der Waals surface area contributed by atoms with Gasteiger partial charge in [0.15, 0.2) is 5.65 Å². The standard InChI is InChI=1S/C25H23ClN4O2/c26-21-11-3-1-8-19(21)17-32-22-12-4-2-10-20(22)25(31)29-14-7-9-18(16-29)24-28-27-23-13-5-6-15-30(23)24/h1-6,8,10-13,15,18H,7,9,14,16-17H2. The highest BCUT2D eigenvalue weighted by Gasteiger charge is 2.29. The van der Waals surface area contributed by atoms with E-state index in [9.17, 15) is 4.79 Å². The molecule has 5 rings (SSSR count). The zero-order chi connectivity index (χ0) is 21.9. The highest BCUT2D eigenvalue weighted by atomic mass is 35.5. The van der Waals surface area contributed by atoms with E-state index in [0.717, 1.165) is 29.9 Å². The van der Waals surface area contributed by atoms with Gasteiger partial charge in [-0.25, -0.2) is 0 Å². The molecule has 162 valence electrons. The van der Waals surface area contributed by atoms with E-state index < -0.39 is 0 Å². The van der Waals surface area contributed by atoms with Crippen LogP contribution in [0.25, 0.3) is 5.65 Å². The van der Waals surface area contributed by atoms with Crippen LogP contribution < -0.4 is 4.74 Å². The summed E-state index contributed by atoms with van der Waals surface area (Å²) in [5, 5.41) is 9.34. The van der Waals surface area contributed by atoms with Crippen LogP contribution in [0.5, 0.6) is 5.75 Å². The Labute approximate surface area is 191 Å². The van der Waals surface area contributed by atoms with Crippen molar-refractivity contribution in [1.29, 1.82) is 0 Å². The zero-order valence-corrected chi connectivity index (χ0v) is 18.3. The summed E-state index contributed by atoms with van der Waals surface area (Å²) in [6.07, 6.45) is 3.87. The molecule has 1 aliphatic rings. The van der Waals surface area contributed by atoms with Crippen LogP contribution in [0.4, 0.5) is 0 Å². The summed E-state index contributed by atoms with van der Waals surface area (Å²) < 4.78 is 8.03. The molecule has 0 saturated carbocycles.